The zero-order valence-corrected chi connectivity index (χ0v) is 14.6. The standard InChI is InChI=1S/C21H25N3/c1-16-20(18-10-6-7-11-19(18)22-16)21(17-8-4-3-5-9-17)24-14-12-23(2)13-15-24/h3-11,21-22H,12-15H2,1-2H3/p+2/t21-/m1/s1. The number of aryl methyl sites for hydroxylation is 1. The molecule has 1 aliphatic rings. The normalized spacial score (nSPS) is 22.6. The van der Waals surface area contributed by atoms with Gasteiger partial charge in [0.25, 0.3) is 0 Å². The zero-order valence-electron chi connectivity index (χ0n) is 14.6. The number of aromatic nitrogens is 1. The Labute approximate surface area is 143 Å². The summed E-state index contributed by atoms with van der Waals surface area (Å²) in [5, 5.41) is 1.38. The van der Waals surface area contributed by atoms with Crippen LogP contribution < -0.4 is 9.80 Å². The molecule has 4 rings (SSSR count). The van der Waals surface area contributed by atoms with Crippen molar-refractivity contribution < 1.29 is 9.80 Å². The van der Waals surface area contributed by atoms with E-state index in [9.17, 15) is 0 Å². The second kappa shape index (κ2) is 6.42. The number of likely N-dealkylation sites (N-methyl/N-ethyl adjacent to an activating group) is 1. The highest BCUT2D eigenvalue weighted by atomic mass is 15.3. The first-order chi connectivity index (χ1) is 11.7. The summed E-state index contributed by atoms with van der Waals surface area (Å²) >= 11 is 0. The van der Waals surface area contributed by atoms with Gasteiger partial charge in [-0.2, -0.15) is 0 Å². The first kappa shape index (κ1) is 15.4. The van der Waals surface area contributed by atoms with E-state index in [1.807, 2.05) is 0 Å². The number of nitrogens with one attached hydrogen (secondary N) is 3. The molecule has 0 bridgehead atoms. The maximum absolute atomic E-state index is 3.61. The third-order valence-corrected chi connectivity index (χ3v) is 5.52. The molecule has 24 heavy (non-hydrogen) atoms. The number of rotatable bonds is 3. The highest BCUT2D eigenvalue weighted by Crippen LogP contribution is 2.30. The van der Waals surface area contributed by atoms with E-state index in [1.54, 1.807) is 9.80 Å². The van der Waals surface area contributed by atoms with Gasteiger partial charge in [0.1, 0.15) is 32.2 Å². The molecular weight excluding hydrogens is 294 g/mol. The molecule has 2 aromatic carbocycles. The molecule has 124 valence electrons. The van der Waals surface area contributed by atoms with Gasteiger partial charge in [-0.3, -0.25) is 0 Å². The molecule has 0 amide bonds. The van der Waals surface area contributed by atoms with E-state index in [4.69, 9.17) is 0 Å². The van der Waals surface area contributed by atoms with Crippen LogP contribution in [0.5, 0.6) is 0 Å². The minimum absolute atomic E-state index is 0.412. The molecule has 0 spiro atoms. The molecule has 0 aliphatic carbocycles. The molecule has 0 unspecified atom stereocenters. The van der Waals surface area contributed by atoms with Gasteiger partial charge in [0.2, 0.25) is 0 Å². The van der Waals surface area contributed by atoms with Crippen LogP contribution in [0.25, 0.3) is 10.9 Å². The lowest BCUT2D eigenvalue weighted by Crippen LogP contribution is -3.27. The van der Waals surface area contributed by atoms with Crippen molar-refractivity contribution in [2.75, 3.05) is 33.2 Å². The average molecular weight is 321 g/mol. The first-order valence-corrected chi connectivity index (χ1v) is 9.02. The SMILES string of the molecule is Cc1[nH]c2ccccc2c1[C@@H](c1ccccc1)[NH+]1CC[NH+](C)CC1. The Hall–Kier alpha value is -2.10. The number of para-hydroxylation sites is 1. The van der Waals surface area contributed by atoms with E-state index in [0.29, 0.717) is 6.04 Å². The zero-order chi connectivity index (χ0) is 16.5. The minimum atomic E-state index is 0.412. The van der Waals surface area contributed by atoms with Crippen molar-refractivity contribution >= 4 is 10.9 Å². The number of fused-ring (bicyclic) bond motifs is 1. The lowest BCUT2D eigenvalue weighted by atomic mass is 9.94. The summed E-state index contributed by atoms with van der Waals surface area (Å²) in [6, 6.07) is 20.2. The van der Waals surface area contributed by atoms with Crippen LogP contribution in [0.15, 0.2) is 54.6 Å². The molecule has 3 N–H and O–H groups in total. The largest absolute Gasteiger partial charge is 0.358 e. The minimum Gasteiger partial charge on any atom is -0.358 e. The molecule has 2 heterocycles. The molecule has 1 aliphatic heterocycles. The summed E-state index contributed by atoms with van der Waals surface area (Å²) in [5.41, 5.74) is 5.47. The van der Waals surface area contributed by atoms with Crippen LogP contribution in [0.4, 0.5) is 0 Å². The van der Waals surface area contributed by atoms with E-state index < -0.39 is 0 Å². The van der Waals surface area contributed by atoms with Crippen molar-refractivity contribution in [2.24, 2.45) is 0 Å². The highest BCUT2D eigenvalue weighted by molar-refractivity contribution is 5.85. The topological polar surface area (TPSA) is 24.7 Å². The Morgan fingerprint density at radius 1 is 0.875 bits per heavy atom. The molecule has 3 aromatic rings. The van der Waals surface area contributed by atoms with Crippen LogP contribution >= 0.6 is 0 Å². The maximum atomic E-state index is 3.61. The molecule has 0 saturated carbocycles. The Bertz CT molecular complexity index is 813. The molecular formula is C21H27N3+2. The Morgan fingerprint density at radius 3 is 2.29 bits per heavy atom. The number of quaternary nitrogens is 2. The molecule has 1 atom stereocenters. The Kier molecular flexibility index (Phi) is 4.13. The van der Waals surface area contributed by atoms with Gasteiger partial charge in [-0.05, 0) is 13.0 Å². The fraction of sp³-hybridized carbons (Fsp3) is 0.333. The predicted octanol–water partition coefficient (Wildman–Crippen LogP) is 0.979. The van der Waals surface area contributed by atoms with E-state index in [0.717, 1.165) is 0 Å². The Balaban J connectivity index is 1.84. The van der Waals surface area contributed by atoms with Crippen LogP contribution in [-0.2, 0) is 0 Å². The van der Waals surface area contributed by atoms with Gasteiger partial charge >= 0.3 is 0 Å². The molecule has 1 saturated heterocycles. The second-order valence-corrected chi connectivity index (χ2v) is 7.17. The second-order valence-electron chi connectivity index (χ2n) is 7.17. The summed E-state index contributed by atoms with van der Waals surface area (Å²) in [6.45, 7) is 7.18. The van der Waals surface area contributed by atoms with E-state index in [-0.39, 0.29) is 0 Å². The van der Waals surface area contributed by atoms with Crippen LogP contribution in [0, 0.1) is 6.92 Å². The monoisotopic (exact) mass is 321 g/mol. The van der Waals surface area contributed by atoms with E-state index >= 15 is 0 Å². The van der Waals surface area contributed by atoms with Gasteiger partial charge in [0, 0.05) is 27.7 Å². The lowest BCUT2D eigenvalue weighted by Gasteiger charge is -2.34. The quantitative estimate of drug-likeness (QED) is 0.641. The fourth-order valence-corrected chi connectivity index (χ4v) is 4.21. The number of benzene rings is 2. The number of H-pyrrole nitrogens is 1. The summed E-state index contributed by atoms with van der Waals surface area (Å²) in [7, 11) is 2.31. The van der Waals surface area contributed by atoms with E-state index in [1.165, 1.54) is 53.9 Å². The lowest BCUT2D eigenvalue weighted by molar-refractivity contribution is -1.02. The number of piperazine rings is 1. The van der Waals surface area contributed by atoms with Gasteiger partial charge < -0.3 is 14.8 Å². The van der Waals surface area contributed by atoms with Crippen LogP contribution in [0.1, 0.15) is 22.9 Å². The van der Waals surface area contributed by atoms with Gasteiger partial charge in [0.05, 0.1) is 7.05 Å². The third kappa shape index (κ3) is 2.74. The third-order valence-electron chi connectivity index (χ3n) is 5.52. The van der Waals surface area contributed by atoms with E-state index in [2.05, 4.69) is 73.6 Å². The molecule has 3 nitrogen and oxygen atoms in total. The smallest absolute Gasteiger partial charge is 0.142 e. The number of hydrogen-bond acceptors (Lipinski definition) is 0. The maximum Gasteiger partial charge on any atom is 0.142 e. The van der Waals surface area contributed by atoms with Crippen molar-refractivity contribution in [3.8, 4) is 0 Å². The van der Waals surface area contributed by atoms with Crippen molar-refractivity contribution in [3.63, 3.8) is 0 Å². The molecule has 3 heteroatoms. The Morgan fingerprint density at radius 2 is 1.54 bits per heavy atom. The molecule has 1 aromatic heterocycles. The number of hydrogen-bond donors (Lipinski definition) is 3. The van der Waals surface area contributed by atoms with Gasteiger partial charge in [0.15, 0.2) is 0 Å². The van der Waals surface area contributed by atoms with Gasteiger partial charge in [-0.25, -0.2) is 0 Å². The molecule has 0 radical (unpaired) electrons. The van der Waals surface area contributed by atoms with Crippen LogP contribution in [0.2, 0.25) is 0 Å². The predicted molar refractivity (Wildman–Crippen MR) is 98.6 cm³/mol. The summed E-state index contributed by atoms with van der Waals surface area (Å²) in [5.74, 6) is 0. The van der Waals surface area contributed by atoms with Crippen molar-refractivity contribution in [3.05, 3.63) is 71.4 Å². The number of aromatic amines is 1. The van der Waals surface area contributed by atoms with Crippen molar-refractivity contribution in [1.82, 2.24) is 4.98 Å². The van der Waals surface area contributed by atoms with Gasteiger partial charge in [-0.15, -0.1) is 0 Å². The highest BCUT2D eigenvalue weighted by Gasteiger charge is 2.33. The average Bonchev–Trinajstić information content (AvgIpc) is 2.94. The summed E-state index contributed by atoms with van der Waals surface area (Å²) < 4.78 is 0. The molecule has 1 fully saturated rings. The van der Waals surface area contributed by atoms with Crippen LogP contribution in [0.3, 0.4) is 0 Å². The summed E-state index contributed by atoms with van der Waals surface area (Å²) in [6.07, 6.45) is 0. The van der Waals surface area contributed by atoms with Crippen molar-refractivity contribution in [2.45, 2.75) is 13.0 Å². The van der Waals surface area contributed by atoms with Crippen LogP contribution in [-0.4, -0.2) is 38.2 Å². The fourth-order valence-electron chi connectivity index (χ4n) is 4.21. The van der Waals surface area contributed by atoms with Crippen molar-refractivity contribution in [1.29, 1.82) is 0 Å². The summed E-state index contributed by atoms with van der Waals surface area (Å²) in [4.78, 5) is 6.95. The van der Waals surface area contributed by atoms with Gasteiger partial charge in [-0.1, -0.05) is 48.5 Å². The first-order valence-electron chi connectivity index (χ1n) is 9.02.